The zero-order chi connectivity index (χ0) is 19.6. The van der Waals surface area contributed by atoms with Crippen molar-refractivity contribution in [2.24, 2.45) is 0 Å². The molecule has 29 heavy (non-hydrogen) atoms. The molecule has 0 spiro atoms. The minimum atomic E-state index is 0.346. The van der Waals surface area contributed by atoms with Gasteiger partial charge in [-0.25, -0.2) is 5.01 Å². The molecule has 2 aliphatic rings. The summed E-state index contributed by atoms with van der Waals surface area (Å²) >= 11 is 5.48. The van der Waals surface area contributed by atoms with Gasteiger partial charge in [0.1, 0.15) is 0 Å². The molecule has 1 saturated heterocycles. The van der Waals surface area contributed by atoms with Crippen LogP contribution in [0.5, 0.6) is 0 Å². The first-order valence-corrected chi connectivity index (χ1v) is 10.5. The van der Waals surface area contributed by atoms with Gasteiger partial charge in [-0.05, 0) is 46.6 Å². The number of hydrazine groups is 1. The smallest absolute Gasteiger partial charge is 0.185 e. The minimum absolute atomic E-state index is 0.346. The predicted octanol–water partition coefficient (Wildman–Crippen LogP) is 4.28. The van der Waals surface area contributed by atoms with Gasteiger partial charge in [-0.2, -0.15) is 0 Å². The lowest BCUT2D eigenvalue weighted by atomic mass is 10.0. The normalized spacial score (nSPS) is 16.8. The summed E-state index contributed by atoms with van der Waals surface area (Å²) in [6.07, 6.45) is 0. The Labute approximate surface area is 177 Å². The molecule has 3 aromatic carbocycles. The lowest BCUT2D eigenvalue weighted by Gasteiger charge is -2.39. The summed E-state index contributed by atoms with van der Waals surface area (Å²) in [5.41, 5.74) is 9.95. The Morgan fingerprint density at radius 1 is 0.724 bits per heavy atom. The second-order valence-electron chi connectivity index (χ2n) is 7.53. The highest BCUT2D eigenvalue weighted by molar-refractivity contribution is 7.80. The first kappa shape index (κ1) is 18.3. The highest BCUT2D eigenvalue weighted by Gasteiger charge is 2.34. The molecule has 1 aliphatic carbocycles. The van der Waals surface area contributed by atoms with E-state index in [1.807, 2.05) is 30.3 Å². The van der Waals surface area contributed by atoms with Gasteiger partial charge >= 0.3 is 0 Å². The van der Waals surface area contributed by atoms with E-state index in [4.69, 9.17) is 12.2 Å². The Balaban J connectivity index is 1.25. The molecule has 4 nitrogen and oxygen atoms in total. The number of para-hydroxylation sites is 1. The summed E-state index contributed by atoms with van der Waals surface area (Å²) in [7, 11) is 0. The average molecular weight is 401 g/mol. The Morgan fingerprint density at radius 3 is 1.90 bits per heavy atom. The van der Waals surface area contributed by atoms with E-state index in [0.29, 0.717) is 11.2 Å². The first-order valence-electron chi connectivity index (χ1n) is 10.1. The van der Waals surface area contributed by atoms with Crippen LogP contribution in [-0.4, -0.2) is 41.2 Å². The van der Waals surface area contributed by atoms with Crippen LogP contribution in [0.4, 0.5) is 5.69 Å². The van der Waals surface area contributed by atoms with Crippen molar-refractivity contribution < 1.29 is 0 Å². The molecular formula is C24H24N4S. The number of fused-ring (bicyclic) bond motifs is 3. The van der Waals surface area contributed by atoms with E-state index >= 15 is 0 Å². The maximum absolute atomic E-state index is 5.48. The molecule has 0 amide bonds. The third-order valence-electron chi connectivity index (χ3n) is 5.77. The fourth-order valence-electron chi connectivity index (χ4n) is 4.44. The van der Waals surface area contributed by atoms with Crippen molar-refractivity contribution in [3.05, 3.63) is 90.0 Å². The molecule has 1 aliphatic heterocycles. The number of nitrogens with one attached hydrogen (secondary N) is 2. The average Bonchev–Trinajstić information content (AvgIpc) is 3.10. The van der Waals surface area contributed by atoms with Crippen molar-refractivity contribution in [1.82, 2.24) is 15.3 Å². The number of anilines is 1. The molecule has 0 unspecified atom stereocenters. The quantitative estimate of drug-likeness (QED) is 0.641. The highest BCUT2D eigenvalue weighted by Crippen LogP contribution is 2.46. The Morgan fingerprint density at radius 2 is 1.28 bits per heavy atom. The fourth-order valence-corrected chi connectivity index (χ4v) is 4.69. The molecule has 0 radical (unpaired) electrons. The summed E-state index contributed by atoms with van der Waals surface area (Å²) in [5, 5.41) is 6.10. The zero-order valence-electron chi connectivity index (χ0n) is 16.2. The highest BCUT2D eigenvalue weighted by atomic mass is 32.1. The molecule has 1 fully saturated rings. The van der Waals surface area contributed by atoms with Crippen molar-refractivity contribution in [3.8, 4) is 11.1 Å². The lowest BCUT2D eigenvalue weighted by Crippen LogP contribution is -2.54. The molecule has 1 heterocycles. The molecule has 0 aromatic heterocycles. The Hall–Kier alpha value is -2.73. The maximum atomic E-state index is 5.48. The number of hydrogen-bond donors (Lipinski definition) is 2. The zero-order valence-corrected chi connectivity index (χ0v) is 17.0. The van der Waals surface area contributed by atoms with Crippen LogP contribution in [0.25, 0.3) is 11.1 Å². The maximum Gasteiger partial charge on any atom is 0.185 e. The van der Waals surface area contributed by atoms with Crippen molar-refractivity contribution in [1.29, 1.82) is 0 Å². The molecule has 146 valence electrons. The van der Waals surface area contributed by atoms with Crippen LogP contribution in [0.3, 0.4) is 0 Å². The van der Waals surface area contributed by atoms with E-state index < -0.39 is 0 Å². The largest absolute Gasteiger partial charge is 0.332 e. The predicted molar refractivity (Wildman–Crippen MR) is 123 cm³/mol. The number of piperazine rings is 1. The third kappa shape index (κ3) is 3.65. The van der Waals surface area contributed by atoms with Crippen LogP contribution in [0.2, 0.25) is 0 Å². The lowest BCUT2D eigenvalue weighted by molar-refractivity contribution is 0.0937. The van der Waals surface area contributed by atoms with Gasteiger partial charge in [-0.3, -0.25) is 10.3 Å². The summed E-state index contributed by atoms with van der Waals surface area (Å²) in [5.74, 6) is 0. The van der Waals surface area contributed by atoms with Gasteiger partial charge in [0, 0.05) is 31.9 Å². The standard InChI is InChI=1S/C24H24N4S/c29-24(25-18-8-2-1-3-9-18)26-28-16-14-27(15-17-28)23-21-12-6-4-10-19(21)20-11-5-7-13-22(20)23/h1-13,23H,14-17H2,(H2,25,26,29). The van der Waals surface area contributed by atoms with Crippen LogP contribution in [0.15, 0.2) is 78.9 Å². The topological polar surface area (TPSA) is 30.5 Å². The summed E-state index contributed by atoms with van der Waals surface area (Å²) in [6, 6.07) is 28.0. The number of benzene rings is 3. The molecule has 0 bridgehead atoms. The summed E-state index contributed by atoms with van der Waals surface area (Å²) in [4.78, 5) is 2.59. The fraction of sp³-hybridized carbons (Fsp3) is 0.208. The molecule has 3 aromatic rings. The number of nitrogens with zero attached hydrogens (tertiary/aromatic N) is 2. The van der Waals surface area contributed by atoms with Crippen LogP contribution in [0.1, 0.15) is 17.2 Å². The van der Waals surface area contributed by atoms with Crippen molar-refractivity contribution >= 4 is 23.0 Å². The van der Waals surface area contributed by atoms with Crippen molar-refractivity contribution in [2.45, 2.75) is 6.04 Å². The Kier molecular flexibility index (Phi) is 5.02. The SMILES string of the molecule is S=C(Nc1ccccc1)NN1CCN(C2c3ccccc3-c3ccccc32)CC1. The monoisotopic (exact) mass is 400 g/mol. The van der Waals surface area contributed by atoms with E-state index in [9.17, 15) is 0 Å². The first-order chi connectivity index (χ1) is 14.3. The van der Waals surface area contributed by atoms with Crippen LogP contribution >= 0.6 is 12.2 Å². The van der Waals surface area contributed by atoms with E-state index in [0.717, 1.165) is 31.9 Å². The van der Waals surface area contributed by atoms with Gasteiger partial charge in [0.05, 0.1) is 6.04 Å². The van der Waals surface area contributed by atoms with Crippen LogP contribution in [0, 0.1) is 0 Å². The van der Waals surface area contributed by atoms with Gasteiger partial charge in [0.2, 0.25) is 0 Å². The minimum Gasteiger partial charge on any atom is -0.332 e. The van der Waals surface area contributed by atoms with Gasteiger partial charge in [0.15, 0.2) is 5.11 Å². The Bertz CT molecular complexity index is 967. The van der Waals surface area contributed by atoms with E-state index in [-0.39, 0.29) is 0 Å². The van der Waals surface area contributed by atoms with Crippen molar-refractivity contribution in [2.75, 3.05) is 31.5 Å². The van der Waals surface area contributed by atoms with E-state index in [2.05, 4.69) is 69.2 Å². The van der Waals surface area contributed by atoms with Gasteiger partial charge in [-0.15, -0.1) is 0 Å². The third-order valence-corrected chi connectivity index (χ3v) is 5.97. The van der Waals surface area contributed by atoms with Gasteiger partial charge in [-0.1, -0.05) is 66.7 Å². The molecule has 0 saturated carbocycles. The number of hydrogen-bond acceptors (Lipinski definition) is 3. The molecule has 5 rings (SSSR count). The molecular weight excluding hydrogens is 376 g/mol. The molecule has 0 atom stereocenters. The molecule has 5 heteroatoms. The second-order valence-corrected chi connectivity index (χ2v) is 7.94. The van der Waals surface area contributed by atoms with E-state index in [1.54, 1.807) is 0 Å². The number of thiocarbonyl (C=S) groups is 1. The van der Waals surface area contributed by atoms with Crippen molar-refractivity contribution in [3.63, 3.8) is 0 Å². The number of rotatable bonds is 3. The van der Waals surface area contributed by atoms with E-state index in [1.165, 1.54) is 22.3 Å². The van der Waals surface area contributed by atoms with Gasteiger partial charge in [0.25, 0.3) is 0 Å². The molecule has 2 N–H and O–H groups in total. The summed E-state index contributed by atoms with van der Waals surface area (Å²) in [6.45, 7) is 3.84. The van der Waals surface area contributed by atoms with Crippen LogP contribution < -0.4 is 10.7 Å². The second kappa shape index (κ2) is 7.95. The van der Waals surface area contributed by atoms with Crippen LogP contribution in [-0.2, 0) is 0 Å². The summed E-state index contributed by atoms with van der Waals surface area (Å²) < 4.78 is 0. The van der Waals surface area contributed by atoms with Gasteiger partial charge < -0.3 is 5.32 Å².